The Morgan fingerprint density at radius 3 is 2.21 bits per heavy atom. The van der Waals surface area contributed by atoms with Crippen LogP contribution in [0.5, 0.6) is 0 Å². The Bertz CT molecular complexity index is 396. The molecule has 0 aliphatic heterocycles. The molecule has 0 saturated heterocycles. The number of rotatable bonds is 0. The van der Waals surface area contributed by atoms with E-state index in [1.165, 1.54) is 16.7 Å². The summed E-state index contributed by atoms with van der Waals surface area (Å²) in [7, 11) is 0. The summed E-state index contributed by atoms with van der Waals surface area (Å²) in [5, 5.41) is 0. The van der Waals surface area contributed by atoms with Gasteiger partial charge in [0.15, 0.2) is 0 Å². The molecule has 1 aliphatic carbocycles. The molecule has 2 rings (SSSR count). The molecule has 0 unspecified atom stereocenters. The van der Waals surface area contributed by atoms with Gasteiger partial charge in [0.05, 0.1) is 0 Å². The number of nitrogens with zero attached hydrogens (tertiary/aromatic N) is 1. The Morgan fingerprint density at radius 1 is 0.857 bits per heavy atom. The third-order valence-electron chi connectivity index (χ3n) is 2.42. The predicted molar refractivity (Wildman–Crippen MR) is 60.9 cm³/mol. The summed E-state index contributed by atoms with van der Waals surface area (Å²) in [5.74, 6) is 0. The van der Waals surface area contributed by atoms with E-state index in [1.807, 2.05) is 25.3 Å². The van der Waals surface area contributed by atoms with Gasteiger partial charge in [-0.2, -0.15) is 0 Å². The van der Waals surface area contributed by atoms with Crippen molar-refractivity contribution in [3.8, 4) is 0 Å². The van der Waals surface area contributed by atoms with E-state index in [9.17, 15) is 0 Å². The van der Waals surface area contributed by atoms with Crippen molar-refractivity contribution in [2.45, 2.75) is 13.8 Å². The molecule has 0 amide bonds. The van der Waals surface area contributed by atoms with E-state index in [1.54, 1.807) is 0 Å². The van der Waals surface area contributed by atoms with Gasteiger partial charge >= 0.3 is 0 Å². The second kappa shape index (κ2) is 3.62. The first-order valence-electron chi connectivity index (χ1n) is 4.76. The molecule has 1 aromatic heterocycles. The molecular weight excluding hydrogens is 170 g/mol. The van der Waals surface area contributed by atoms with Crippen LogP contribution in [-0.2, 0) is 0 Å². The van der Waals surface area contributed by atoms with Crippen LogP contribution in [0.15, 0.2) is 30.5 Å². The first-order valence-corrected chi connectivity index (χ1v) is 4.76. The highest BCUT2D eigenvalue weighted by Crippen LogP contribution is 2.20. The third kappa shape index (κ3) is 1.53. The minimum Gasteiger partial charge on any atom is -0.261 e. The maximum Gasteiger partial charge on any atom is 0.0451 e. The zero-order valence-corrected chi connectivity index (χ0v) is 8.49. The van der Waals surface area contributed by atoms with Crippen molar-refractivity contribution in [3.63, 3.8) is 0 Å². The van der Waals surface area contributed by atoms with Crippen LogP contribution < -0.4 is 0 Å². The van der Waals surface area contributed by atoms with Gasteiger partial charge in [-0.3, -0.25) is 4.98 Å². The smallest absolute Gasteiger partial charge is 0.0451 e. The number of pyridine rings is 1. The molecule has 0 aromatic carbocycles. The Kier molecular flexibility index (Phi) is 2.32. The van der Waals surface area contributed by atoms with Crippen LogP contribution in [0.25, 0.3) is 12.2 Å². The van der Waals surface area contributed by atoms with Gasteiger partial charge in [0.25, 0.3) is 0 Å². The Labute approximate surface area is 84.5 Å². The molecule has 0 radical (unpaired) electrons. The minimum absolute atomic E-state index is 1.09. The van der Waals surface area contributed by atoms with Gasteiger partial charge < -0.3 is 0 Å². The summed E-state index contributed by atoms with van der Waals surface area (Å²) in [4.78, 5) is 4.36. The molecule has 0 atom stereocenters. The van der Waals surface area contributed by atoms with E-state index in [0.29, 0.717) is 0 Å². The van der Waals surface area contributed by atoms with Crippen molar-refractivity contribution in [2.24, 2.45) is 0 Å². The van der Waals surface area contributed by atoms with E-state index in [4.69, 9.17) is 0 Å². The highest BCUT2D eigenvalue weighted by Gasteiger charge is 2.04. The fourth-order valence-corrected chi connectivity index (χ4v) is 1.60. The van der Waals surface area contributed by atoms with Crippen molar-refractivity contribution < 1.29 is 0 Å². The van der Waals surface area contributed by atoms with E-state index in [2.05, 4.69) is 36.2 Å². The zero-order valence-electron chi connectivity index (χ0n) is 8.49. The maximum absolute atomic E-state index is 4.36. The SMILES string of the molecule is Cc1cnc(C)c2c1/C=C\C=C/C=C2. The van der Waals surface area contributed by atoms with Crippen molar-refractivity contribution in [2.75, 3.05) is 0 Å². The summed E-state index contributed by atoms with van der Waals surface area (Å²) in [6, 6.07) is 0. The fourth-order valence-electron chi connectivity index (χ4n) is 1.60. The number of aryl methyl sites for hydroxylation is 2. The second-order valence-electron chi connectivity index (χ2n) is 3.46. The van der Waals surface area contributed by atoms with Crippen LogP contribution >= 0.6 is 0 Å². The second-order valence-corrected chi connectivity index (χ2v) is 3.46. The lowest BCUT2D eigenvalue weighted by molar-refractivity contribution is 1.15. The summed E-state index contributed by atoms with van der Waals surface area (Å²) in [6.45, 7) is 4.14. The van der Waals surface area contributed by atoms with Gasteiger partial charge in [-0.25, -0.2) is 0 Å². The van der Waals surface area contributed by atoms with Crippen LogP contribution in [0.3, 0.4) is 0 Å². The normalized spacial score (nSPS) is 18.1. The van der Waals surface area contributed by atoms with Crippen molar-refractivity contribution in [3.05, 3.63) is 52.9 Å². The maximum atomic E-state index is 4.36. The third-order valence-corrected chi connectivity index (χ3v) is 2.42. The number of aromatic nitrogens is 1. The van der Waals surface area contributed by atoms with Gasteiger partial charge in [0, 0.05) is 17.5 Å². The molecule has 0 fully saturated rings. The lowest BCUT2D eigenvalue weighted by Gasteiger charge is -2.08. The average Bonchev–Trinajstić information content (AvgIpc) is 2.11. The van der Waals surface area contributed by atoms with Gasteiger partial charge in [-0.1, -0.05) is 36.5 Å². The lowest BCUT2D eigenvalue weighted by Crippen LogP contribution is -1.94. The molecule has 1 heteroatoms. The van der Waals surface area contributed by atoms with Crippen molar-refractivity contribution in [1.82, 2.24) is 4.98 Å². The lowest BCUT2D eigenvalue weighted by atomic mass is 10.0. The minimum atomic E-state index is 1.09. The first kappa shape index (κ1) is 8.95. The molecule has 0 bridgehead atoms. The first-order chi connectivity index (χ1) is 6.79. The fraction of sp³-hybridized carbons (Fsp3) is 0.154. The Balaban J connectivity index is 2.69. The number of hydrogen-bond donors (Lipinski definition) is 0. The van der Waals surface area contributed by atoms with Crippen LogP contribution in [0, 0.1) is 13.8 Å². The number of hydrogen-bond acceptors (Lipinski definition) is 1. The van der Waals surface area contributed by atoms with Crippen molar-refractivity contribution >= 4 is 12.2 Å². The molecule has 0 saturated carbocycles. The number of allylic oxidation sites excluding steroid dienone is 4. The van der Waals surface area contributed by atoms with Crippen LogP contribution in [-0.4, -0.2) is 4.98 Å². The van der Waals surface area contributed by atoms with Crippen LogP contribution in [0.4, 0.5) is 0 Å². The molecule has 70 valence electrons. The van der Waals surface area contributed by atoms with Gasteiger partial charge in [-0.05, 0) is 25.0 Å². The number of fused-ring (bicyclic) bond motifs is 1. The molecule has 1 nitrogen and oxygen atoms in total. The molecule has 1 aromatic rings. The monoisotopic (exact) mass is 183 g/mol. The summed E-state index contributed by atoms with van der Waals surface area (Å²) in [6.07, 6.45) is 14.4. The molecule has 1 aliphatic rings. The van der Waals surface area contributed by atoms with E-state index in [-0.39, 0.29) is 0 Å². The van der Waals surface area contributed by atoms with E-state index < -0.39 is 0 Å². The quantitative estimate of drug-likeness (QED) is 0.601. The van der Waals surface area contributed by atoms with Gasteiger partial charge in [-0.15, -0.1) is 0 Å². The molecule has 14 heavy (non-hydrogen) atoms. The molecular formula is C13H13N. The average molecular weight is 183 g/mol. The summed E-state index contributed by atoms with van der Waals surface area (Å²) >= 11 is 0. The molecule has 0 spiro atoms. The van der Waals surface area contributed by atoms with Crippen LogP contribution in [0.2, 0.25) is 0 Å². The summed E-state index contributed by atoms with van der Waals surface area (Å²) < 4.78 is 0. The van der Waals surface area contributed by atoms with Crippen LogP contribution in [0.1, 0.15) is 22.4 Å². The largest absolute Gasteiger partial charge is 0.261 e. The van der Waals surface area contributed by atoms with E-state index in [0.717, 1.165) is 5.69 Å². The standard InChI is InChI=1S/C13H13N/c1-10-9-14-11(2)13-8-6-4-3-5-7-12(10)13/h3-9H,1-2H3/b4-3-,5-3?,6-4?,7-5-,8-6?,12-7?,13-8?. The highest BCUT2D eigenvalue weighted by molar-refractivity contribution is 5.71. The highest BCUT2D eigenvalue weighted by atomic mass is 14.7. The van der Waals surface area contributed by atoms with Gasteiger partial charge in [0.2, 0.25) is 0 Å². The summed E-state index contributed by atoms with van der Waals surface area (Å²) in [5.41, 5.74) is 4.81. The topological polar surface area (TPSA) is 12.9 Å². The Morgan fingerprint density at radius 2 is 1.50 bits per heavy atom. The van der Waals surface area contributed by atoms with Crippen molar-refractivity contribution in [1.29, 1.82) is 0 Å². The predicted octanol–water partition coefficient (Wildman–Crippen LogP) is 3.29. The van der Waals surface area contributed by atoms with Gasteiger partial charge in [0.1, 0.15) is 0 Å². The zero-order chi connectivity index (χ0) is 9.97. The van der Waals surface area contributed by atoms with E-state index >= 15 is 0 Å². The molecule has 0 N–H and O–H groups in total. The Hall–Kier alpha value is -1.63. The molecule has 1 heterocycles.